The highest BCUT2D eigenvalue weighted by molar-refractivity contribution is 5.89. The number of aryl methyl sites for hydroxylation is 2. The lowest BCUT2D eigenvalue weighted by Crippen LogP contribution is -2.23. The number of benzene rings is 1. The van der Waals surface area contributed by atoms with E-state index in [0.717, 1.165) is 18.4 Å². The van der Waals surface area contributed by atoms with Gasteiger partial charge in [-0.3, -0.25) is 9.78 Å². The number of hydrogen-bond donors (Lipinski definition) is 2. The Balaban J connectivity index is 1.61. The average molecular weight is 368 g/mol. The van der Waals surface area contributed by atoms with Crippen LogP contribution in [0.2, 0.25) is 0 Å². The smallest absolute Gasteiger partial charge is 0.338 e. The summed E-state index contributed by atoms with van der Waals surface area (Å²) >= 11 is 0. The number of nitrogens with one attached hydrogen (secondary N) is 1. The molecule has 7 heteroatoms. The van der Waals surface area contributed by atoms with Gasteiger partial charge in [-0.15, -0.1) is 0 Å². The Hall–Kier alpha value is -3.09. The van der Waals surface area contributed by atoms with Gasteiger partial charge in [-0.25, -0.2) is 9.78 Å². The molecule has 0 saturated heterocycles. The number of aromatic amines is 1. The molecule has 0 amide bonds. The Labute approximate surface area is 157 Å². The number of nitrogen functional groups attached to an aromatic ring is 1. The number of aromatic nitrogens is 3. The van der Waals surface area contributed by atoms with Crippen LogP contribution in [0, 0.1) is 0 Å². The van der Waals surface area contributed by atoms with Crippen molar-refractivity contribution in [2.24, 2.45) is 0 Å². The zero-order valence-electron chi connectivity index (χ0n) is 15.8. The number of nitrogens with zero attached hydrogens (tertiary/aromatic N) is 2. The fourth-order valence-corrected chi connectivity index (χ4v) is 2.92. The number of carbonyl (C=O) groups is 1. The predicted molar refractivity (Wildman–Crippen MR) is 105 cm³/mol. The lowest BCUT2D eigenvalue weighted by molar-refractivity contribution is 0.00695. The molecule has 27 heavy (non-hydrogen) atoms. The zero-order chi connectivity index (χ0) is 19.6. The first-order valence-electron chi connectivity index (χ1n) is 8.90. The lowest BCUT2D eigenvalue weighted by atomic mass is 10.1. The first kappa shape index (κ1) is 18.7. The third-order valence-corrected chi connectivity index (χ3v) is 4.09. The first-order valence-corrected chi connectivity index (χ1v) is 8.90. The first-order chi connectivity index (χ1) is 12.7. The van der Waals surface area contributed by atoms with Crippen molar-refractivity contribution < 1.29 is 9.53 Å². The molecular weight excluding hydrogens is 344 g/mol. The number of rotatable bonds is 5. The summed E-state index contributed by atoms with van der Waals surface area (Å²) in [5.41, 5.74) is 7.62. The minimum atomic E-state index is -0.507. The molecule has 0 spiro atoms. The number of nitrogens with two attached hydrogens (primary N) is 1. The number of anilines is 1. The van der Waals surface area contributed by atoms with Crippen LogP contribution >= 0.6 is 0 Å². The number of fused-ring (bicyclic) bond motifs is 1. The number of carbonyl (C=O) groups excluding carboxylic acids is 1. The van der Waals surface area contributed by atoms with E-state index in [1.807, 2.05) is 43.7 Å². The molecule has 3 N–H and O–H groups in total. The van der Waals surface area contributed by atoms with Gasteiger partial charge in [-0.2, -0.15) is 0 Å². The van der Waals surface area contributed by atoms with E-state index in [-0.39, 0.29) is 17.5 Å². The molecule has 7 nitrogen and oxygen atoms in total. The molecule has 3 aromatic rings. The Bertz CT molecular complexity index is 1010. The third-order valence-electron chi connectivity index (χ3n) is 4.09. The molecule has 0 saturated carbocycles. The SMILES string of the molecule is CC(C)(C)OC(=O)c1ccc(CCCn2ccc3nc(N)[nH]c(=O)c32)cc1. The van der Waals surface area contributed by atoms with Crippen molar-refractivity contribution in [1.82, 2.24) is 14.5 Å². The van der Waals surface area contributed by atoms with Gasteiger partial charge in [0.15, 0.2) is 0 Å². The van der Waals surface area contributed by atoms with Crippen LogP contribution in [0.5, 0.6) is 0 Å². The normalized spacial score (nSPS) is 11.7. The van der Waals surface area contributed by atoms with Crippen LogP contribution in [0.15, 0.2) is 41.3 Å². The summed E-state index contributed by atoms with van der Waals surface area (Å²) in [6.45, 7) is 6.23. The average Bonchev–Trinajstić information content (AvgIpc) is 2.97. The second-order valence-electron chi connectivity index (χ2n) is 7.50. The molecule has 0 bridgehead atoms. The van der Waals surface area contributed by atoms with Crippen LogP contribution in [0.25, 0.3) is 11.0 Å². The molecule has 142 valence electrons. The number of H-pyrrole nitrogens is 1. The van der Waals surface area contributed by atoms with Crippen LogP contribution in [0.4, 0.5) is 5.95 Å². The minimum Gasteiger partial charge on any atom is -0.456 e. The third kappa shape index (κ3) is 4.55. The standard InChI is InChI=1S/C20H24N4O3/c1-20(2,3)27-18(26)14-8-6-13(7-9-14)5-4-11-24-12-10-15-16(24)17(25)23-19(21)22-15/h6-10,12H,4-5,11H2,1-3H3,(H3,21,22,23,25). The molecule has 3 rings (SSSR count). The molecule has 0 radical (unpaired) electrons. The summed E-state index contributed by atoms with van der Waals surface area (Å²) in [5.74, 6) is -0.200. The second-order valence-corrected chi connectivity index (χ2v) is 7.50. The molecule has 1 aromatic carbocycles. The highest BCUT2D eigenvalue weighted by Gasteiger charge is 2.17. The summed E-state index contributed by atoms with van der Waals surface area (Å²) in [5, 5.41) is 0. The van der Waals surface area contributed by atoms with Crippen molar-refractivity contribution in [3.63, 3.8) is 0 Å². The van der Waals surface area contributed by atoms with E-state index in [1.165, 1.54) is 0 Å². The molecule has 2 heterocycles. The summed E-state index contributed by atoms with van der Waals surface area (Å²) in [7, 11) is 0. The van der Waals surface area contributed by atoms with Gasteiger partial charge in [0.2, 0.25) is 5.95 Å². The number of ether oxygens (including phenoxy) is 1. The van der Waals surface area contributed by atoms with Crippen LogP contribution in [0.1, 0.15) is 43.1 Å². The highest BCUT2D eigenvalue weighted by Crippen LogP contribution is 2.15. The largest absolute Gasteiger partial charge is 0.456 e. The Morgan fingerprint density at radius 1 is 1.22 bits per heavy atom. The van der Waals surface area contributed by atoms with Crippen molar-refractivity contribution in [3.8, 4) is 0 Å². The van der Waals surface area contributed by atoms with Gasteiger partial charge < -0.3 is 15.0 Å². The van der Waals surface area contributed by atoms with Gasteiger partial charge in [0, 0.05) is 12.7 Å². The quantitative estimate of drug-likeness (QED) is 0.674. The van der Waals surface area contributed by atoms with Gasteiger partial charge in [0.05, 0.1) is 11.1 Å². The lowest BCUT2D eigenvalue weighted by Gasteiger charge is -2.19. The maximum Gasteiger partial charge on any atom is 0.338 e. The van der Waals surface area contributed by atoms with Gasteiger partial charge >= 0.3 is 5.97 Å². The number of esters is 1. The molecule has 0 unspecified atom stereocenters. The number of hydrogen-bond acceptors (Lipinski definition) is 5. The summed E-state index contributed by atoms with van der Waals surface area (Å²) in [6, 6.07) is 9.22. The topological polar surface area (TPSA) is 103 Å². The molecule has 0 aliphatic rings. The van der Waals surface area contributed by atoms with E-state index in [1.54, 1.807) is 18.2 Å². The van der Waals surface area contributed by atoms with Crippen LogP contribution in [-0.2, 0) is 17.7 Å². The Morgan fingerprint density at radius 2 is 1.93 bits per heavy atom. The highest BCUT2D eigenvalue weighted by atomic mass is 16.6. The summed E-state index contributed by atoms with van der Waals surface area (Å²) < 4.78 is 7.25. The van der Waals surface area contributed by atoms with E-state index in [0.29, 0.717) is 23.1 Å². The van der Waals surface area contributed by atoms with E-state index >= 15 is 0 Å². The van der Waals surface area contributed by atoms with Gasteiger partial charge in [-0.05, 0) is 57.4 Å². The van der Waals surface area contributed by atoms with E-state index in [9.17, 15) is 9.59 Å². The summed E-state index contributed by atoms with van der Waals surface area (Å²) in [4.78, 5) is 30.8. The maximum atomic E-state index is 12.1. The van der Waals surface area contributed by atoms with Crippen molar-refractivity contribution >= 4 is 23.0 Å². The molecule has 0 fully saturated rings. The van der Waals surface area contributed by atoms with E-state index in [4.69, 9.17) is 10.5 Å². The van der Waals surface area contributed by atoms with Crippen LogP contribution in [-0.4, -0.2) is 26.1 Å². The van der Waals surface area contributed by atoms with Crippen LogP contribution in [0.3, 0.4) is 0 Å². The molecule has 0 aliphatic heterocycles. The Kier molecular flexibility index (Phi) is 5.03. The monoisotopic (exact) mass is 368 g/mol. The van der Waals surface area contributed by atoms with Gasteiger partial charge in [-0.1, -0.05) is 12.1 Å². The minimum absolute atomic E-state index is 0.121. The van der Waals surface area contributed by atoms with Crippen molar-refractivity contribution in [2.75, 3.05) is 5.73 Å². The van der Waals surface area contributed by atoms with Crippen molar-refractivity contribution in [1.29, 1.82) is 0 Å². The van der Waals surface area contributed by atoms with Gasteiger partial charge in [0.1, 0.15) is 11.1 Å². The fourth-order valence-electron chi connectivity index (χ4n) is 2.92. The predicted octanol–water partition coefficient (Wildman–Crippen LogP) is 2.89. The van der Waals surface area contributed by atoms with Crippen LogP contribution < -0.4 is 11.3 Å². The van der Waals surface area contributed by atoms with Crippen molar-refractivity contribution in [3.05, 3.63) is 58.0 Å². The Morgan fingerprint density at radius 3 is 2.59 bits per heavy atom. The van der Waals surface area contributed by atoms with E-state index < -0.39 is 5.60 Å². The molecule has 0 aliphatic carbocycles. The second kappa shape index (κ2) is 7.26. The molecular formula is C20H24N4O3. The van der Waals surface area contributed by atoms with Gasteiger partial charge in [0.25, 0.3) is 5.56 Å². The van der Waals surface area contributed by atoms with E-state index in [2.05, 4.69) is 9.97 Å². The molecule has 2 aromatic heterocycles. The maximum absolute atomic E-state index is 12.1. The molecule has 0 atom stereocenters. The fraction of sp³-hybridized carbons (Fsp3) is 0.350. The van der Waals surface area contributed by atoms with Crippen molar-refractivity contribution in [2.45, 2.75) is 45.8 Å². The summed E-state index contributed by atoms with van der Waals surface area (Å²) in [6.07, 6.45) is 3.52. The zero-order valence-corrected chi connectivity index (χ0v) is 15.8.